The molecule has 1 aromatic carbocycles. The van der Waals surface area contributed by atoms with E-state index in [-0.39, 0.29) is 11.6 Å². The molecular formula is C17H23ClN2O. The lowest BCUT2D eigenvalue weighted by molar-refractivity contribution is 0.230. The van der Waals surface area contributed by atoms with E-state index in [2.05, 4.69) is 10.6 Å². The van der Waals surface area contributed by atoms with E-state index in [1.807, 2.05) is 24.3 Å². The van der Waals surface area contributed by atoms with Gasteiger partial charge >= 0.3 is 6.03 Å². The average molecular weight is 307 g/mol. The lowest BCUT2D eigenvalue weighted by Gasteiger charge is -2.22. The quantitative estimate of drug-likeness (QED) is 0.801. The Morgan fingerprint density at radius 2 is 1.67 bits per heavy atom. The summed E-state index contributed by atoms with van der Waals surface area (Å²) in [6.45, 7) is 0. The first-order chi connectivity index (χ1) is 10.2. The summed E-state index contributed by atoms with van der Waals surface area (Å²) in [6, 6.07) is 8.13. The van der Waals surface area contributed by atoms with E-state index in [4.69, 9.17) is 11.6 Å². The number of amides is 2. The number of carbonyl (C=O) groups is 1. The van der Waals surface area contributed by atoms with Crippen molar-refractivity contribution in [3.05, 3.63) is 34.9 Å². The maximum absolute atomic E-state index is 12.3. The number of benzene rings is 1. The molecule has 0 bridgehead atoms. The first kappa shape index (κ1) is 14.7. The van der Waals surface area contributed by atoms with Crippen LogP contribution in [0.2, 0.25) is 5.02 Å². The molecule has 21 heavy (non-hydrogen) atoms. The zero-order valence-corrected chi connectivity index (χ0v) is 13.1. The van der Waals surface area contributed by atoms with Crippen LogP contribution in [-0.2, 0) is 5.54 Å². The largest absolute Gasteiger partial charge is 0.335 e. The minimum atomic E-state index is -0.167. The fraction of sp³-hybridized carbons (Fsp3) is 0.588. The highest BCUT2D eigenvalue weighted by atomic mass is 35.5. The smallest absolute Gasteiger partial charge is 0.315 e. The Morgan fingerprint density at radius 1 is 1.05 bits per heavy atom. The van der Waals surface area contributed by atoms with Crippen LogP contribution >= 0.6 is 11.6 Å². The van der Waals surface area contributed by atoms with Gasteiger partial charge in [0.1, 0.15) is 0 Å². The lowest BCUT2D eigenvalue weighted by atomic mass is 10.1. The van der Waals surface area contributed by atoms with Gasteiger partial charge in [-0.05, 0) is 43.4 Å². The predicted molar refractivity (Wildman–Crippen MR) is 85.5 cm³/mol. The lowest BCUT2D eigenvalue weighted by Crippen LogP contribution is -2.46. The van der Waals surface area contributed by atoms with Crippen LogP contribution in [0.1, 0.15) is 56.9 Å². The van der Waals surface area contributed by atoms with E-state index in [1.54, 1.807) is 0 Å². The second-order valence-corrected chi connectivity index (χ2v) is 6.81. The van der Waals surface area contributed by atoms with E-state index in [0.717, 1.165) is 36.3 Å². The summed E-state index contributed by atoms with van der Waals surface area (Å²) in [6.07, 6.45) is 9.30. The maximum Gasteiger partial charge on any atom is 0.315 e. The molecule has 4 heteroatoms. The molecular weight excluding hydrogens is 284 g/mol. The van der Waals surface area contributed by atoms with E-state index < -0.39 is 0 Å². The molecule has 0 unspecified atom stereocenters. The van der Waals surface area contributed by atoms with Crippen LogP contribution in [0.3, 0.4) is 0 Å². The SMILES string of the molecule is O=C(NC1CCCCCC1)NC1(c2ccc(Cl)cc2)CC1. The molecule has 0 heterocycles. The maximum atomic E-state index is 12.3. The van der Waals surface area contributed by atoms with E-state index in [1.165, 1.54) is 25.7 Å². The number of carbonyl (C=O) groups excluding carboxylic acids is 1. The molecule has 114 valence electrons. The molecule has 0 aliphatic heterocycles. The van der Waals surface area contributed by atoms with Crippen molar-refractivity contribution < 1.29 is 4.79 Å². The van der Waals surface area contributed by atoms with Gasteiger partial charge in [-0.15, -0.1) is 0 Å². The molecule has 0 atom stereocenters. The molecule has 2 aliphatic carbocycles. The molecule has 3 rings (SSSR count). The van der Waals surface area contributed by atoms with Crippen LogP contribution in [-0.4, -0.2) is 12.1 Å². The summed E-state index contributed by atoms with van der Waals surface area (Å²) in [4.78, 5) is 12.3. The van der Waals surface area contributed by atoms with E-state index >= 15 is 0 Å². The fourth-order valence-corrected chi connectivity index (χ4v) is 3.37. The number of hydrogen-bond acceptors (Lipinski definition) is 1. The van der Waals surface area contributed by atoms with Gasteiger partial charge < -0.3 is 10.6 Å². The minimum Gasteiger partial charge on any atom is -0.335 e. The highest BCUT2D eigenvalue weighted by Crippen LogP contribution is 2.45. The summed E-state index contributed by atoms with van der Waals surface area (Å²) in [5, 5.41) is 7.07. The summed E-state index contributed by atoms with van der Waals surface area (Å²) in [5.74, 6) is 0. The van der Waals surface area contributed by atoms with Crippen molar-refractivity contribution in [1.82, 2.24) is 10.6 Å². The van der Waals surface area contributed by atoms with Gasteiger partial charge in [-0.1, -0.05) is 49.4 Å². The van der Waals surface area contributed by atoms with Crippen LogP contribution < -0.4 is 10.6 Å². The Kier molecular flexibility index (Phi) is 4.39. The molecule has 3 nitrogen and oxygen atoms in total. The average Bonchev–Trinajstić information content (AvgIpc) is 3.25. The molecule has 2 saturated carbocycles. The van der Waals surface area contributed by atoms with Crippen LogP contribution in [0.25, 0.3) is 0 Å². The Morgan fingerprint density at radius 3 is 2.24 bits per heavy atom. The van der Waals surface area contributed by atoms with Crippen LogP contribution in [0, 0.1) is 0 Å². The van der Waals surface area contributed by atoms with Gasteiger partial charge in [0.15, 0.2) is 0 Å². The Bertz CT molecular complexity index is 488. The standard InChI is InChI=1S/C17H23ClN2O/c18-14-9-7-13(8-10-14)17(11-12-17)20-16(21)19-15-5-3-1-2-4-6-15/h7-10,15H,1-6,11-12H2,(H2,19,20,21). The van der Waals surface area contributed by atoms with Gasteiger partial charge in [-0.25, -0.2) is 4.79 Å². The second kappa shape index (κ2) is 6.27. The molecule has 2 fully saturated rings. The van der Waals surface area contributed by atoms with Crippen LogP contribution in [0.4, 0.5) is 4.79 Å². The van der Waals surface area contributed by atoms with Crippen molar-refractivity contribution in [2.75, 3.05) is 0 Å². The van der Waals surface area contributed by atoms with Gasteiger partial charge in [-0.3, -0.25) is 0 Å². The number of rotatable bonds is 3. The number of nitrogens with one attached hydrogen (secondary N) is 2. The first-order valence-corrected chi connectivity index (χ1v) is 8.40. The van der Waals surface area contributed by atoms with Crippen molar-refractivity contribution in [3.8, 4) is 0 Å². The van der Waals surface area contributed by atoms with Crippen molar-refractivity contribution in [3.63, 3.8) is 0 Å². The van der Waals surface area contributed by atoms with Gasteiger partial charge in [-0.2, -0.15) is 0 Å². The number of halogens is 1. The van der Waals surface area contributed by atoms with Crippen molar-refractivity contribution >= 4 is 17.6 Å². The third-order valence-corrected chi connectivity index (χ3v) is 4.94. The van der Waals surface area contributed by atoms with Crippen molar-refractivity contribution in [2.45, 2.75) is 62.9 Å². The van der Waals surface area contributed by atoms with Gasteiger partial charge in [0.25, 0.3) is 0 Å². The third kappa shape index (κ3) is 3.70. The van der Waals surface area contributed by atoms with Gasteiger partial charge in [0.05, 0.1) is 5.54 Å². The highest BCUT2D eigenvalue weighted by Gasteiger charge is 2.45. The van der Waals surface area contributed by atoms with Crippen LogP contribution in [0.5, 0.6) is 0 Å². The second-order valence-electron chi connectivity index (χ2n) is 6.38. The van der Waals surface area contributed by atoms with E-state index in [9.17, 15) is 4.79 Å². The van der Waals surface area contributed by atoms with Crippen LogP contribution in [0.15, 0.2) is 24.3 Å². The number of urea groups is 1. The van der Waals surface area contributed by atoms with Gasteiger partial charge in [0, 0.05) is 11.1 Å². The van der Waals surface area contributed by atoms with Crippen molar-refractivity contribution in [1.29, 1.82) is 0 Å². The molecule has 0 radical (unpaired) electrons. The fourth-order valence-electron chi connectivity index (χ4n) is 3.24. The van der Waals surface area contributed by atoms with Crippen molar-refractivity contribution in [2.24, 2.45) is 0 Å². The zero-order chi connectivity index (χ0) is 14.7. The Balaban J connectivity index is 1.57. The molecule has 2 N–H and O–H groups in total. The molecule has 2 aliphatic rings. The summed E-state index contributed by atoms with van der Waals surface area (Å²) < 4.78 is 0. The first-order valence-electron chi connectivity index (χ1n) is 8.03. The monoisotopic (exact) mass is 306 g/mol. The molecule has 2 amide bonds. The Hall–Kier alpha value is -1.22. The normalized spacial score (nSPS) is 21.4. The third-order valence-electron chi connectivity index (χ3n) is 4.69. The minimum absolute atomic E-state index is 0.0191. The predicted octanol–water partition coefficient (Wildman–Crippen LogP) is 4.35. The molecule has 1 aromatic rings. The summed E-state index contributed by atoms with van der Waals surface area (Å²) in [5.41, 5.74) is 0.988. The summed E-state index contributed by atoms with van der Waals surface area (Å²) >= 11 is 5.93. The topological polar surface area (TPSA) is 41.1 Å². The summed E-state index contributed by atoms with van der Waals surface area (Å²) in [7, 11) is 0. The zero-order valence-electron chi connectivity index (χ0n) is 12.3. The Labute approximate surface area is 131 Å². The molecule has 0 aromatic heterocycles. The van der Waals surface area contributed by atoms with Gasteiger partial charge in [0.2, 0.25) is 0 Å². The highest BCUT2D eigenvalue weighted by molar-refractivity contribution is 6.30. The molecule has 0 spiro atoms. The van der Waals surface area contributed by atoms with E-state index in [0.29, 0.717) is 6.04 Å². The molecule has 0 saturated heterocycles. The number of hydrogen-bond donors (Lipinski definition) is 2.